The molecule has 1 amide bonds. The lowest BCUT2D eigenvalue weighted by Crippen LogP contribution is -2.26. The summed E-state index contributed by atoms with van der Waals surface area (Å²) in [5.41, 5.74) is 1.16. The highest BCUT2D eigenvalue weighted by molar-refractivity contribution is 5.64. The van der Waals surface area contributed by atoms with Crippen LogP contribution in [0, 0.1) is 0 Å². The molecular formula is C10H13NO2. The summed E-state index contributed by atoms with van der Waals surface area (Å²) in [5, 5.41) is 8.59. The molecule has 0 aromatic heterocycles. The molecule has 13 heavy (non-hydrogen) atoms. The van der Waals surface area contributed by atoms with Crippen LogP contribution in [-0.2, 0) is 6.42 Å². The Balaban J connectivity index is 2.39. The topological polar surface area (TPSA) is 40.5 Å². The van der Waals surface area contributed by atoms with Crippen molar-refractivity contribution < 1.29 is 9.90 Å². The van der Waals surface area contributed by atoms with Crippen LogP contribution in [0.2, 0.25) is 0 Å². The first-order chi connectivity index (χ1) is 6.20. The molecule has 0 fully saturated rings. The molecule has 70 valence electrons. The van der Waals surface area contributed by atoms with Crippen LogP contribution in [-0.4, -0.2) is 29.7 Å². The van der Waals surface area contributed by atoms with Gasteiger partial charge < -0.3 is 10.0 Å². The summed E-state index contributed by atoms with van der Waals surface area (Å²) >= 11 is 0. The second kappa shape index (κ2) is 4.50. The van der Waals surface area contributed by atoms with Gasteiger partial charge >= 0.3 is 6.09 Å². The number of nitrogens with zero attached hydrogens (tertiary/aromatic N) is 1. The van der Waals surface area contributed by atoms with Gasteiger partial charge in [0.15, 0.2) is 0 Å². The molecule has 1 aromatic rings. The normalized spacial score (nSPS) is 9.62. The predicted octanol–water partition coefficient (Wildman–Crippen LogP) is 1.84. The molecular weight excluding hydrogens is 166 g/mol. The largest absolute Gasteiger partial charge is 0.465 e. The van der Waals surface area contributed by atoms with E-state index in [0.717, 1.165) is 12.0 Å². The van der Waals surface area contributed by atoms with Crippen LogP contribution in [0.4, 0.5) is 4.79 Å². The number of hydrogen-bond donors (Lipinski definition) is 1. The van der Waals surface area contributed by atoms with Crippen molar-refractivity contribution in [3.63, 3.8) is 0 Å². The van der Waals surface area contributed by atoms with Crippen LogP contribution >= 0.6 is 0 Å². The fourth-order valence-corrected chi connectivity index (χ4v) is 1.04. The van der Waals surface area contributed by atoms with Gasteiger partial charge in [0.1, 0.15) is 0 Å². The molecule has 0 aliphatic heterocycles. The second-order valence-electron chi connectivity index (χ2n) is 2.94. The monoisotopic (exact) mass is 179 g/mol. The molecule has 1 rings (SSSR count). The number of amides is 1. The molecule has 0 atom stereocenters. The molecule has 3 nitrogen and oxygen atoms in total. The van der Waals surface area contributed by atoms with Gasteiger partial charge in [-0.25, -0.2) is 4.79 Å². The number of hydrogen-bond acceptors (Lipinski definition) is 1. The number of carbonyl (C=O) groups is 1. The van der Waals surface area contributed by atoms with Crippen molar-refractivity contribution in [2.45, 2.75) is 6.42 Å². The highest BCUT2D eigenvalue weighted by Gasteiger charge is 2.03. The zero-order chi connectivity index (χ0) is 9.68. The van der Waals surface area contributed by atoms with Crippen LogP contribution in [0.1, 0.15) is 5.56 Å². The number of rotatable bonds is 3. The van der Waals surface area contributed by atoms with Gasteiger partial charge in [-0.2, -0.15) is 0 Å². The zero-order valence-electron chi connectivity index (χ0n) is 7.60. The Morgan fingerprint density at radius 1 is 1.38 bits per heavy atom. The summed E-state index contributed by atoms with van der Waals surface area (Å²) in [6.07, 6.45) is -0.111. The quantitative estimate of drug-likeness (QED) is 0.769. The minimum absolute atomic E-state index is 0.541. The van der Waals surface area contributed by atoms with Gasteiger partial charge in [-0.1, -0.05) is 30.3 Å². The van der Waals surface area contributed by atoms with E-state index in [4.69, 9.17) is 5.11 Å². The van der Waals surface area contributed by atoms with Crippen LogP contribution in [0.15, 0.2) is 30.3 Å². The number of likely N-dealkylation sites (N-methyl/N-ethyl adjacent to an activating group) is 1. The summed E-state index contributed by atoms with van der Waals surface area (Å²) < 4.78 is 0. The van der Waals surface area contributed by atoms with Gasteiger partial charge in [0.2, 0.25) is 0 Å². The van der Waals surface area contributed by atoms with E-state index in [1.54, 1.807) is 7.05 Å². The molecule has 0 bridgehead atoms. The van der Waals surface area contributed by atoms with Gasteiger partial charge in [-0.3, -0.25) is 0 Å². The second-order valence-corrected chi connectivity index (χ2v) is 2.94. The lowest BCUT2D eigenvalue weighted by atomic mass is 10.1. The van der Waals surface area contributed by atoms with E-state index in [1.165, 1.54) is 4.90 Å². The molecule has 0 aliphatic rings. The average molecular weight is 179 g/mol. The van der Waals surface area contributed by atoms with Gasteiger partial charge in [-0.05, 0) is 12.0 Å². The summed E-state index contributed by atoms with van der Waals surface area (Å²) in [6, 6.07) is 9.85. The molecule has 0 aliphatic carbocycles. The van der Waals surface area contributed by atoms with Crippen molar-refractivity contribution in [3.8, 4) is 0 Å². The number of benzene rings is 1. The Morgan fingerprint density at radius 2 is 2.00 bits per heavy atom. The van der Waals surface area contributed by atoms with Crippen molar-refractivity contribution in [3.05, 3.63) is 35.9 Å². The van der Waals surface area contributed by atoms with E-state index < -0.39 is 6.09 Å². The molecule has 0 heterocycles. The fourth-order valence-electron chi connectivity index (χ4n) is 1.04. The smallest absolute Gasteiger partial charge is 0.407 e. The third-order valence-electron chi connectivity index (χ3n) is 1.91. The summed E-state index contributed by atoms with van der Waals surface area (Å²) in [4.78, 5) is 11.7. The van der Waals surface area contributed by atoms with E-state index in [1.807, 2.05) is 30.3 Å². The predicted molar refractivity (Wildman–Crippen MR) is 50.8 cm³/mol. The summed E-state index contributed by atoms with van der Waals surface area (Å²) in [7, 11) is 1.57. The third kappa shape index (κ3) is 3.15. The van der Waals surface area contributed by atoms with Crippen LogP contribution in [0.3, 0.4) is 0 Å². The highest BCUT2D eigenvalue weighted by Crippen LogP contribution is 2.00. The third-order valence-corrected chi connectivity index (χ3v) is 1.91. The van der Waals surface area contributed by atoms with Gasteiger partial charge in [0.05, 0.1) is 0 Å². The lowest BCUT2D eigenvalue weighted by molar-refractivity contribution is 0.156. The Bertz CT molecular complexity index is 272. The molecule has 0 radical (unpaired) electrons. The maximum Gasteiger partial charge on any atom is 0.407 e. The van der Waals surface area contributed by atoms with E-state index in [2.05, 4.69) is 0 Å². The minimum atomic E-state index is -0.879. The Kier molecular flexibility index (Phi) is 3.31. The van der Waals surface area contributed by atoms with E-state index >= 15 is 0 Å². The minimum Gasteiger partial charge on any atom is -0.465 e. The van der Waals surface area contributed by atoms with E-state index in [0.29, 0.717) is 6.54 Å². The van der Waals surface area contributed by atoms with E-state index in [9.17, 15) is 4.79 Å². The van der Waals surface area contributed by atoms with Crippen LogP contribution < -0.4 is 0 Å². The molecule has 1 aromatic carbocycles. The molecule has 0 spiro atoms. The molecule has 0 saturated carbocycles. The Labute approximate surface area is 77.6 Å². The molecule has 1 N–H and O–H groups in total. The zero-order valence-corrected chi connectivity index (χ0v) is 7.60. The first-order valence-corrected chi connectivity index (χ1v) is 4.18. The van der Waals surface area contributed by atoms with Crippen molar-refractivity contribution in [1.82, 2.24) is 4.90 Å². The van der Waals surface area contributed by atoms with Crippen LogP contribution in [0.5, 0.6) is 0 Å². The van der Waals surface area contributed by atoms with Crippen molar-refractivity contribution in [2.24, 2.45) is 0 Å². The lowest BCUT2D eigenvalue weighted by Gasteiger charge is -2.12. The summed E-state index contributed by atoms with van der Waals surface area (Å²) in [6.45, 7) is 0.541. The average Bonchev–Trinajstić information content (AvgIpc) is 2.15. The van der Waals surface area contributed by atoms with Gasteiger partial charge in [0.25, 0.3) is 0 Å². The maximum atomic E-state index is 10.4. The van der Waals surface area contributed by atoms with Crippen molar-refractivity contribution in [2.75, 3.05) is 13.6 Å². The fraction of sp³-hybridized carbons (Fsp3) is 0.300. The SMILES string of the molecule is CN(CCc1ccccc1)C(=O)O. The standard InChI is InChI=1S/C10H13NO2/c1-11(10(12)13)8-7-9-5-3-2-4-6-9/h2-6H,7-8H2,1H3,(H,12,13). The maximum absolute atomic E-state index is 10.4. The molecule has 3 heteroatoms. The summed E-state index contributed by atoms with van der Waals surface area (Å²) in [5.74, 6) is 0. The molecule has 0 saturated heterocycles. The van der Waals surface area contributed by atoms with Crippen molar-refractivity contribution >= 4 is 6.09 Å². The molecule has 0 unspecified atom stereocenters. The Hall–Kier alpha value is -1.51. The Morgan fingerprint density at radius 3 is 2.54 bits per heavy atom. The van der Waals surface area contributed by atoms with Gasteiger partial charge in [-0.15, -0.1) is 0 Å². The number of carboxylic acid groups (broad SMARTS) is 1. The van der Waals surface area contributed by atoms with E-state index in [-0.39, 0.29) is 0 Å². The highest BCUT2D eigenvalue weighted by atomic mass is 16.4. The van der Waals surface area contributed by atoms with Crippen molar-refractivity contribution in [1.29, 1.82) is 0 Å². The first-order valence-electron chi connectivity index (χ1n) is 4.18. The van der Waals surface area contributed by atoms with Gasteiger partial charge in [0, 0.05) is 13.6 Å². The van der Waals surface area contributed by atoms with Crippen LogP contribution in [0.25, 0.3) is 0 Å². The first kappa shape index (κ1) is 9.58.